The Hall–Kier alpha value is -2.42. The number of carbonyl (C=O) groups is 1. The van der Waals surface area contributed by atoms with Gasteiger partial charge in [-0.1, -0.05) is 30.3 Å². The van der Waals surface area contributed by atoms with E-state index in [1.807, 2.05) is 35.2 Å². The highest BCUT2D eigenvalue weighted by Crippen LogP contribution is 2.38. The van der Waals surface area contributed by atoms with Crippen molar-refractivity contribution in [3.63, 3.8) is 0 Å². The number of ether oxygens (including phenoxy) is 2. The standard InChI is InChI=1S/C24H27F3N2O3/c25-24(26,27)19-7-9-20(10-8-19)28-22(30)16-29-13-12-23(11-4-14-32-23)21(15-29)31-17-18-5-2-1-3-6-18/h1-3,5-10,21H,4,11-17H2,(H,28,30)/t21-,23-/m0/s1. The Labute approximate surface area is 185 Å². The normalized spacial score (nSPS) is 24.0. The zero-order chi connectivity index (χ0) is 22.6. The van der Waals surface area contributed by atoms with E-state index in [0.717, 1.165) is 43.6 Å². The summed E-state index contributed by atoms with van der Waals surface area (Å²) in [5.74, 6) is -0.269. The molecule has 0 unspecified atom stereocenters. The van der Waals surface area contributed by atoms with Gasteiger partial charge in [0.25, 0.3) is 0 Å². The first-order valence-corrected chi connectivity index (χ1v) is 10.8. The Kier molecular flexibility index (Phi) is 6.83. The van der Waals surface area contributed by atoms with Crippen molar-refractivity contribution >= 4 is 11.6 Å². The molecule has 0 saturated carbocycles. The molecule has 2 aliphatic heterocycles. The molecule has 0 aromatic heterocycles. The second-order valence-electron chi connectivity index (χ2n) is 8.41. The summed E-state index contributed by atoms with van der Waals surface area (Å²) < 4.78 is 50.5. The van der Waals surface area contributed by atoms with E-state index >= 15 is 0 Å². The summed E-state index contributed by atoms with van der Waals surface area (Å²) in [7, 11) is 0. The highest BCUT2D eigenvalue weighted by molar-refractivity contribution is 5.92. The Bertz CT molecular complexity index is 897. The number of alkyl halides is 3. The van der Waals surface area contributed by atoms with E-state index in [-0.39, 0.29) is 24.2 Å². The van der Waals surface area contributed by atoms with Gasteiger partial charge < -0.3 is 14.8 Å². The molecule has 1 amide bonds. The van der Waals surface area contributed by atoms with Crippen LogP contribution in [0.2, 0.25) is 0 Å². The first kappa shape index (κ1) is 22.8. The van der Waals surface area contributed by atoms with E-state index in [9.17, 15) is 18.0 Å². The van der Waals surface area contributed by atoms with Crippen molar-refractivity contribution in [2.24, 2.45) is 0 Å². The molecule has 2 aliphatic rings. The molecule has 2 heterocycles. The van der Waals surface area contributed by atoms with Crippen molar-refractivity contribution in [3.8, 4) is 0 Å². The molecule has 2 saturated heterocycles. The molecule has 2 aromatic rings. The highest BCUT2D eigenvalue weighted by atomic mass is 19.4. The first-order valence-electron chi connectivity index (χ1n) is 10.8. The van der Waals surface area contributed by atoms with Crippen molar-refractivity contribution in [1.82, 2.24) is 4.90 Å². The maximum atomic E-state index is 12.7. The predicted octanol–water partition coefficient (Wildman–Crippen LogP) is 4.48. The summed E-state index contributed by atoms with van der Waals surface area (Å²) >= 11 is 0. The number of hydrogen-bond acceptors (Lipinski definition) is 4. The topological polar surface area (TPSA) is 50.8 Å². The summed E-state index contributed by atoms with van der Waals surface area (Å²) in [6.45, 7) is 2.60. The second-order valence-corrected chi connectivity index (χ2v) is 8.41. The number of likely N-dealkylation sites (tertiary alicyclic amines) is 1. The molecule has 0 radical (unpaired) electrons. The molecule has 5 nitrogen and oxygen atoms in total. The van der Waals surface area contributed by atoms with Gasteiger partial charge in [-0.15, -0.1) is 0 Å². The number of benzene rings is 2. The summed E-state index contributed by atoms with van der Waals surface area (Å²) in [4.78, 5) is 14.5. The lowest BCUT2D eigenvalue weighted by atomic mass is 9.85. The van der Waals surface area contributed by atoms with Crippen LogP contribution in [0.5, 0.6) is 0 Å². The van der Waals surface area contributed by atoms with E-state index in [1.54, 1.807) is 0 Å². The zero-order valence-electron chi connectivity index (χ0n) is 17.7. The smallest absolute Gasteiger partial charge is 0.372 e. The minimum absolute atomic E-state index is 0.141. The van der Waals surface area contributed by atoms with Gasteiger partial charge in [0.15, 0.2) is 0 Å². The number of amides is 1. The van der Waals surface area contributed by atoms with E-state index in [4.69, 9.17) is 9.47 Å². The minimum Gasteiger partial charge on any atom is -0.372 e. The number of hydrogen-bond donors (Lipinski definition) is 1. The third kappa shape index (κ3) is 5.49. The average Bonchev–Trinajstić information content (AvgIpc) is 3.24. The fraction of sp³-hybridized carbons (Fsp3) is 0.458. The SMILES string of the molecule is O=C(CN1CC[C@@]2(CCCO2)[C@@H](OCc2ccccc2)C1)Nc1ccc(C(F)(F)F)cc1. The van der Waals surface area contributed by atoms with Gasteiger partial charge >= 0.3 is 6.18 Å². The van der Waals surface area contributed by atoms with Gasteiger partial charge in [-0.25, -0.2) is 0 Å². The first-order chi connectivity index (χ1) is 15.3. The quantitative estimate of drug-likeness (QED) is 0.708. The Morgan fingerprint density at radius 3 is 2.53 bits per heavy atom. The maximum absolute atomic E-state index is 12.7. The molecule has 8 heteroatoms. The monoisotopic (exact) mass is 448 g/mol. The third-order valence-corrected chi connectivity index (χ3v) is 6.15. The van der Waals surface area contributed by atoms with Gasteiger partial charge in [0, 0.05) is 25.4 Å². The van der Waals surface area contributed by atoms with E-state index in [2.05, 4.69) is 5.32 Å². The van der Waals surface area contributed by atoms with Gasteiger partial charge in [-0.2, -0.15) is 13.2 Å². The Morgan fingerprint density at radius 2 is 1.88 bits per heavy atom. The fourth-order valence-corrected chi connectivity index (χ4v) is 4.44. The van der Waals surface area contributed by atoms with Crippen LogP contribution >= 0.6 is 0 Å². The van der Waals surface area contributed by atoms with Gasteiger partial charge in [0.2, 0.25) is 5.91 Å². The lowest BCUT2D eigenvalue weighted by molar-refractivity contribution is -0.159. The van der Waals surface area contributed by atoms with Crippen LogP contribution in [-0.4, -0.2) is 48.8 Å². The van der Waals surface area contributed by atoms with Crippen LogP contribution in [0.1, 0.15) is 30.4 Å². The summed E-state index contributed by atoms with van der Waals surface area (Å²) in [6.07, 6.45) is -1.83. The van der Waals surface area contributed by atoms with E-state index in [0.29, 0.717) is 25.4 Å². The van der Waals surface area contributed by atoms with Gasteiger partial charge in [-0.3, -0.25) is 9.69 Å². The summed E-state index contributed by atoms with van der Waals surface area (Å²) in [6, 6.07) is 14.4. The molecular weight excluding hydrogens is 421 g/mol. The molecular formula is C24H27F3N2O3. The van der Waals surface area contributed by atoms with Crippen LogP contribution in [0.25, 0.3) is 0 Å². The number of rotatable bonds is 6. The van der Waals surface area contributed by atoms with Crippen LogP contribution in [-0.2, 0) is 27.1 Å². The molecule has 0 aliphatic carbocycles. The zero-order valence-corrected chi connectivity index (χ0v) is 17.7. The molecule has 2 fully saturated rings. The summed E-state index contributed by atoms with van der Waals surface area (Å²) in [5.41, 5.74) is 0.368. The fourth-order valence-electron chi connectivity index (χ4n) is 4.44. The summed E-state index contributed by atoms with van der Waals surface area (Å²) in [5, 5.41) is 2.68. The molecule has 4 rings (SSSR count). The number of nitrogens with zero attached hydrogens (tertiary/aromatic N) is 1. The number of nitrogens with one attached hydrogen (secondary N) is 1. The highest BCUT2D eigenvalue weighted by Gasteiger charge is 2.47. The molecule has 1 N–H and O–H groups in total. The third-order valence-electron chi connectivity index (χ3n) is 6.15. The average molecular weight is 448 g/mol. The lowest BCUT2D eigenvalue weighted by Gasteiger charge is -2.44. The Balaban J connectivity index is 1.35. The van der Waals surface area contributed by atoms with Gasteiger partial charge in [0.05, 0.1) is 30.4 Å². The van der Waals surface area contributed by atoms with Crippen LogP contribution in [0, 0.1) is 0 Å². The van der Waals surface area contributed by atoms with Crippen molar-refractivity contribution in [1.29, 1.82) is 0 Å². The van der Waals surface area contributed by atoms with Crippen LogP contribution in [0.4, 0.5) is 18.9 Å². The second kappa shape index (κ2) is 9.60. The minimum atomic E-state index is -4.40. The molecule has 32 heavy (non-hydrogen) atoms. The van der Waals surface area contributed by atoms with Crippen molar-refractivity contribution in [3.05, 3.63) is 65.7 Å². The van der Waals surface area contributed by atoms with Crippen molar-refractivity contribution < 1.29 is 27.4 Å². The Morgan fingerprint density at radius 1 is 1.12 bits per heavy atom. The number of carbonyl (C=O) groups excluding carboxylic acids is 1. The maximum Gasteiger partial charge on any atom is 0.416 e. The molecule has 172 valence electrons. The molecule has 0 bridgehead atoms. The molecule has 2 aromatic carbocycles. The van der Waals surface area contributed by atoms with Crippen LogP contribution in [0.3, 0.4) is 0 Å². The molecule has 1 spiro atoms. The number of halogens is 3. The van der Waals surface area contributed by atoms with Crippen molar-refractivity contribution in [2.75, 3.05) is 31.6 Å². The predicted molar refractivity (Wildman–Crippen MR) is 114 cm³/mol. The van der Waals surface area contributed by atoms with E-state index in [1.165, 1.54) is 12.1 Å². The molecule has 2 atom stereocenters. The number of piperidine rings is 1. The van der Waals surface area contributed by atoms with E-state index < -0.39 is 11.7 Å². The van der Waals surface area contributed by atoms with Gasteiger partial charge in [0.1, 0.15) is 0 Å². The van der Waals surface area contributed by atoms with Crippen molar-refractivity contribution in [2.45, 2.75) is 43.8 Å². The lowest BCUT2D eigenvalue weighted by Crippen LogP contribution is -2.57. The van der Waals surface area contributed by atoms with Crippen LogP contribution in [0.15, 0.2) is 54.6 Å². The largest absolute Gasteiger partial charge is 0.416 e. The van der Waals surface area contributed by atoms with Gasteiger partial charge in [-0.05, 0) is 49.1 Å². The van der Waals surface area contributed by atoms with Crippen LogP contribution < -0.4 is 5.32 Å². The number of anilines is 1.